The molecule has 0 spiro atoms. The summed E-state index contributed by atoms with van der Waals surface area (Å²) in [6.45, 7) is 1.32. The molecular weight excluding hydrogens is 268 g/mol. The third-order valence-corrected chi connectivity index (χ3v) is 3.78. The number of aromatic nitrogens is 3. The van der Waals surface area contributed by atoms with Crippen LogP contribution in [0.5, 0.6) is 0 Å². The Balaban J connectivity index is 1.73. The van der Waals surface area contributed by atoms with Gasteiger partial charge in [0.15, 0.2) is 0 Å². The zero-order chi connectivity index (χ0) is 14.7. The number of carboxylic acid groups (broad SMARTS) is 1. The number of carboxylic acids is 1. The Labute approximate surface area is 122 Å². The van der Waals surface area contributed by atoms with Crippen molar-refractivity contribution in [2.24, 2.45) is 0 Å². The lowest BCUT2D eigenvalue weighted by Gasteiger charge is -2.17. The van der Waals surface area contributed by atoms with Crippen molar-refractivity contribution in [3.8, 4) is 0 Å². The monoisotopic (exact) mass is 286 g/mol. The molecule has 1 atom stereocenters. The zero-order valence-corrected chi connectivity index (χ0v) is 11.7. The summed E-state index contributed by atoms with van der Waals surface area (Å²) in [6, 6.07) is 8.44. The number of aliphatic carboxylic acids is 1. The summed E-state index contributed by atoms with van der Waals surface area (Å²) in [5.41, 5.74) is 0.739. The van der Waals surface area contributed by atoms with Gasteiger partial charge >= 0.3 is 5.97 Å². The maximum Gasteiger partial charge on any atom is 0.325 e. The van der Waals surface area contributed by atoms with Crippen molar-refractivity contribution in [3.05, 3.63) is 47.5 Å². The van der Waals surface area contributed by atoms with Gasteiger partial charge < -0.3 is 9.67 Å². The fourth-order valence-corrected chi connectivity index (χ4v) is 2.69. The highest BCUT2D eigenvalue weighted by molar-refractivity contribution is 5.75. The van der Waals surface area contributed by atoms with E-state index < -0.39 is 12.0 Å². The van der Waals surface area contributed by atoms with Crippen LogP contribution in [0.25, 0.3) is 0 Å². The molecule has 1 aromatic carbocycles. The zero-order valence-electron chi connectivity index (χ0n) is 11.7. The molecule has 0 amide bonds. The van der Waals surface area contributed by atoms with E-state index in [9.17, 15) is 9.90 Å². The standard InChI is InChI=1S/C15H18N4O2/c20-15(21)14(11-6-2-1-3-7-11)16-10-13-18-17-12-8-4-5-9-19(12)13/h1-3,6-7,14,16H,4-5,8-10H2,(H,20,21). The Morgan fingerprint density at radius 1 is 1.29 bits per heavy atom. The van der Waals surface area contributed by atoms with Crippen LogP contribution in [0.1, 0.15) is 36.1 Å². The molecule has 1 unspecified atom stereocenters. The average molecular weight is 286 g/mol. The van der Waals surface area contributed by atoms with Crippen LogP contribution in [-0.2, 0) is 24.3 Å². The van der Waals surface area contributed by atoms with E-state index in [1.165, 1.54) is 0 Å². The van der Waals surface area contributed by atoms with Crippen molar-refractivity contribution in [1.29, 1.82) is 0 Å². The van der Waals surface area contributed by atoms with Crippen LogP contribution in [0.2, 0.25) is 0 Å². The molecule has 0 radical (unpaired) electrons. The van der Waals surface area contributed by atoms with E-state index in [0.29, 0.717) is 6.54 Å². The number of hydrogen-bond donors (Lipinski definition) is 2. The summed E-state index contributed by atoms with van der Waals surface area (Å²) in [6.07, 6.45) is 3.22. The molecule has 21 heavy (non-hydrogen) atoms. The van der Waals surface area contributed by atoms with Gasteiger partial charge in [-0.15, -0.1) is 10.2 Å². The van der Waals surface area contributed by atoms with Gasteiger partial charge in [0.25, 0.3) is 0 Å². The normalized spacial score (nSPS) is 15.4. The minimum Gasteiger partial charge on any atom is -0.480 e. The molecule has 1 aliphatic rings. The van der Waals surface area contributed by atoms with Crippen LogP contribution >= 0.6 is 0 Å². The van der Waals surface area contributed by atoms with Crippen LogP contribution in [0, 0.1) is 0 Å². The van der Waals surface area contributed by atoms with Crippen LogP contribution in [0.15, 0.2) is 30.3 Å². The van der Waals surface area contributed by atoms with Crippen LogP contribution < -0.4 is 5.32 Å². The number of nitrogens with zero attached hydrogens (tertiary/aromatic N) is 3. The smallest absolute Gasteiger partial charge is 0.325 e. The van der Waals surface area contributed by atoms with Crippen molar-refractivity contribution in [1.82, 2.24) is 20.1 Å². The second-order valence-corrected chi connectivity index (χ2v) is 5.20. The molecule has 2 aromatic rings. The molecule has 0 fully saturated rings. The summed E-state index contributed by atoms with van der Waals surface area (Å²) in [5.74, 6) is 0.927. The number of nitrogens with one attached hydrogen (secondary N) is 1. The Morgan fingerprint density at radius 2 is 2.10 bits per heavy atom. The van der Waals surface area contributed by atoms with E-state index in [-0.39, 0.29) is 0 Å². The summed E-state index contributed by atoms with van der Waals surface area (Å²) in [5, 5.41) is 20.8. The van der Waals surface area contributed by atoms with Crippen molar-refractivity contribution in [2.75, 3.05) is 0 Å². The summed E-state index contributed by atoms with van der Waals surface area (Å²) in [4.78, 5) is 11.4. The molecule has 6 heteroatoms. The topological polar surface area (TPSA) is 80.0 Å². The van der Waals surface area contributed by atoms with Gasteiger partial charge in [-0.1, -0.05) is 30.3 Å². The van der Waals surface area contributed by atoms with Gasteiger partial charge in [-0.2, -0.15) is 0 Å². The SMILES string of the molecule is O=C(O)C(NCc1nnc2n1CCCC2)c1ccccc1. The lowest BCUT2D eigenvalue weighted by atomic mass is 10.1. The maximum atomic E-state index is 11.4. The Morgan fingerprint density at radius 3 is 2.86 bits per heavy atom. The number of hydrogen-bond acceptors (Lipinski definition) is 4. The van der Waals surface area contributed by atoms with Crippen molar-refractivity contribution in [3.63, 3.8) is 0 Å². The molecule has 0 saturated carbocycles. The van der Waals surface area contributed by atoms with Gasteiger partial charge in [0.05, 0.1) is 6.54 Å². The molecule has 1 aromatic heterocycles. The number of rotatable bonds is 5. The molecule has 2 N–H and O–H groups in total. The Kier molecular flexibility index (Phi) is 3.96. The molecule has 0 bridgehead atoms. The van der Waals surface area contributed by atoms with Gasteiger partial charge in [0.2, 0.25) is 0 Å². The van der Waals surface area contributed by atoms with Gasteiger partial charge in [0, 0.05) is 13.0 Å². The molecule has 110 valence electrons. The fraction of sp³-hybridized carbons (Fsp3) is 0.400. The van der Waals surface area contributed by atoms with E-state index in [4.69, 9.17) is 0 Å². The third kappa shape index (κ3) is 2.95. The third-order valence-electron chi connectivity index (χ3n) is 3.78. The highest BCUT2D eigenvalue weighted by atomic mass is 16.4. The van der Waals surface area contributed by atoms with E-state index in [1.807, 2.05) is 30.3 Å². The van der Waals surface area contributed by atoms with E-state index in [1.54, 1.807) is 0 Å². The Bertz CT molecular complexity index is 624. The molecule has 3 rings (SSSR count). The quantitative estimate of drug-likeness (QED) is 0.871. The van der Waals surface area contributed by atoms with E-state index in [2.05, 4.69) is 20.1 Å². The number of fused-ring (bicyclic) bond motifs is 1. The largest absolute Gasteiger partial charge is 0.480 e. The average Bonchev–Trinajstić information content (AvgIpc) is 2.92. The maximum absolute atomic E-state index is 11.4. The summed E-state index contributed by atoms with van der Waals surface area (Å²) >= 11 is 0. The molecule has 0 aliphatic carbocycles. The van der Waals surface area contributed by atoms with Crippen molar-refractivity contribution >= 4 is 5.97 Å². The van der Waals surface area contributed by atoms with Crippen LogP contribution in [-0.4, -0.2) is 25.8 Å². The van der Waals surface area contributed by atoms with Gasteiger partial charge in [-0.25, -0.2) is 0 Å². The predicted octanol–water partition coefficient (Wildman–Crippen LogP) is 1.53. The lowest BCUT2D eigenvalue weighted by Crippen LogP contribution is -2.29. The Hall–Kier alpha value is -2.21. The highest BCUT2D eigenvalue weighted by Crippen LogP contribution is 2.16. The number of carbonyl (C=O) groups is 1. The fourth-order valence-electron chi connectivity index (χ4n) is 2.69. The second-order valence-electron chi connectivity index (χ2n) is 5.20. The first kappa shape index (κ1) is 13.8. The van der Waals surface area contributed by atoms with Crippen molar-refractivity contribution in [2.45, 2.75) is 38.4 Å². The molecule has 0 saturated heterocycles. The molecule has 6 nitrogen and oxygen atoms in total. The molecular formula is C15H18N4O2. The number of aryl methyl sites for hydroxylation is 1. The van der Waals surface area contributed by atoms with Crippen LogP contribution in [0.3, 0.4) is 0 Å². The van der Waals surface area contributed by atoms with Gasteiger partial charge in [-0.05, 0) is 18.4 Å². The van der Waals surface area contributed by atoms with Crippen molar-refractivity contribution < 1.29 is 9.90 Å². The van der Waals surface area contributed by atoms with Crippen LogP contribution in [0.4, 0.5) is 0 Å². The number of benzene rings is 1. The summed E-state index contributed by atoms with van der Waals surface area (Å²) in [7, 11) is 0. The minimum atomic E-state index is -0.889. The lowest BCUT2D eigenvalue weighted by molar-refractivity contribution is -0.139. The first-order valence-electron chi connectivity index (χ1n) is 7.18. The highest BCUT2D eigenvalue weighted by Gasteiger charge is 2.21. The summed E-state index contributed by atoms with van der Waals surface area (Å²) < 4.78 is 2.10. The molecule has 1 aliphatic heterocycles. The first-order chi connectivity index (χ1) is 10.3. The van der Waals surface area contributed by atoms with E-state index >= 15 is 0 Å². The minimum absolute atomic E-state index is 0.402. The van der Waals surface area contributed by atoms with Gasteiger partial charge in [0.1, 0.15) is 17.7 Å². The second kappa shape index (κ2) is 6.05. The van der Waals surface area contributed by atoms with Gasteiger partial charge in [-0.3, -0.25) is 10.1 Å². The predicted molar refractivity (Wildman–Crippen MR) is 76.6 cm³/mol. The molecule has 2 heterocycles. The van der Waals surface area contributed by atoms with E-state index in [0.717, 1.165) is 43.0 Å². The first-order valence-corrected chi connectivity index (χ1v) is 7.18.